The Kier molecular flexibility index (Phi) is 5.32. The first-order chi connectivity index (χ1) is 8.16. The predicted octanol–water partition coefficient (Wildman–Crippen LogP) is 0.189. The van der Waals surface area contributed by atoms with E-state index in [2.05, 4.69) is 20.2 Å². The Balaban J connectivity index is 0.00000162. The number of nitrogens with two attached hydrogens (primary N) is 1. The number of amides is 1. The molecule has 0 saturated carbocycles. The maximum absolute atomic E-state index is 10.8. The Labute approximate surface area is 123 Å². The van der Waals surface area contributed by atoms with Crippen LogP contribution in [0.5, 0.6) is 0 Å². The van der Waals surface area contributed by atoms with Crippen molar-refractivity contribution in [1.29, 1.82) is 0 Å². The van der Waals surface area contributed by atoms with Gasteiger partial charge < -0.3 is 16.0 Å². The number of hydrogen-bond acceptors (Lipinski definition) is 5. The summed E-state index contributed by atoms with van der Waals surface area (Å²) in [6.45, 7) is 2.41. The Bertz CT molecular complexity index is 445. The van der Waals surface area contributed by atoms with Crippen LogP contribution in [0, 0.1) is 0 Å². The number of nitrogens with zero attached hydrogens (tertiary/aromatic N) is 3. The molecule has 2 rings (SSSR count). The lowest BCUT2D eigenvalue weighted by molar-refractivity contribution is 0.0995. The number of pyridine rings is 1. The molecule has 0 aliphatic carbocycles. The van der Waals surface area contributed by atoms with E-state index in [1.807, 2.05) is 13.1 Å². The van der Waals surface area contributed by atoms with E-state index < -0.39 is 5.91 Å². The molecule has 0 fully saturated rings. The lowest BCUT2D eigenvalue weighted by Crippen LogP contribution is -2.35. The van der Waals surface area contributed by atoms with Gasteiger partial charge in [0.15, 0.2) is 5.96 Å². The molecule has 0 radical (unpaired) electrons. The minimum atomic E-state index is -0.510. The second-order valence-corrected chi connectivity index (χ2v) is 3.90. The molecule has 7 heteroatoms. The third-order valence-electron chi connectivity index (χ3n) is 2.59. The molecular formula is C11H16IN5O. The highest BCUT2D eigenvalue weighted by molar-refractivity contribution is 14.0. The van der Waals surface area contributed by atoms with Crippen LogP contribution in [0.15, 0.2) is 23.3 Å². The van der Waals surface area contributed by atoms with Crippen LogP contribution in [-0.2, 0) is 6.54 Å². The van der Waals surface area contributed by atoms with E-state index in [4.69, 9.17) is 5.73 Å². The SMILES string of the molecule is CN1CCN=C1NCc1ccc(C(N)=O)nc1.I. The van der Waals surface area contributed by atoms with E-state index in [0.29, 0.717) is 6.54 Å². The fourth-order valence-corrected chi connectivity index (χ4v) is 1.58. The van der Waals surface area contributed by atoms with E-state index in [9.17, 15) is 4.79 Å². The molecule has 2 heterocycles. The molecule has 3 N–H and O–H groups in total. The fourth-order valence-electron chi connectivity index (χ4n) is 1.58. The van der Waals surface area contributed by atoms with Crippen molar-refractivity contribution in [3.8, 4) is 0 Å². The molecule has 98 valence electrons. The second-order valence-electron chi connectivity index (χ2n) is 3.90. The van der Waals surface area contributed by atoms with E-state index in [0.717, 1.165) is 24.6 Å². The highest BCUT2D eigenvalue weighted by atomic mass is 127. The summed E-state index contributed by atoms with van der Waals surface area (Å²) in [5, 5.41) is 3.22. The molecule has 18 heavy (non-hydrogen) atoms. The number of halogens is 1. The molecule has 1 aliphatic heterocycles. The minimum Gasteiger partial charge on any atom is -0.364 e. The first-order valence-corrected chi connectivity index (χ1v) is 5.41. The number of aliphatic imine (C=N–C) groups is 1. The number of likely N-dealkylation sites (N-methyl/N-ethyl adjacent to an activating group) is 1. The maximum atomic E-state index is 10.8. The van der Waals surface area contributed by atoms with Gasteiger partial charge in [-0.1, -0.05) is 6.07 Å². The van der Waals surface area contributed by atoms with Gasteiger partial charge in [0.25, 0.3) is 5.91 Å². The number of carbonyl (C=O) groups is 1. The maximum Gasteiger partial charge on any atom is 0.267 e. The first-order valence-electron chi connectivity index (χ1n) is 5.41. The minimum absolute atomic E-state index is 0. The number of primary amides is 1. The summed E-state index contributed by atoms with van der Waals surface area (Å²) in [4.78, 5) is 21.2. The van der Waals surface area contributed by atoms with Gasteiger partial charge >= 0.3 is 0 Å². The number of guanidine groups is 1. The first kappa shape index (κ1) is 14.7. The number of nitrogens with one attached hydrogen (secondary N) is 1. The van der Waals surface area contributed by atoms with Crippen LogP contribution in [-0.4, -0.2) is 41.9 Å². The summed E-state index contributed by atoms with van der Waals surface area (Å²) >= 11 is 0. The van der Waals surface area contributed by atoms with Gasteiger partial charge in [0.05, 0.1) is 6.54 Å². The van der Waals surface area contributed by atoms with Gasteiger partial charge in [0, 0.05) is 26.3 Å². The van der Waals surface area contributed by atoms with Crippen LogP contribution in [0.25, 0.3) is 0 Å². The Morgan fingerprint density at radius 3 is 2.83 bits per heavy atom. The van der Waals surface area contributed by atoms with Gasteiger partial charge in [-0.05, 0) is 11.6 Å². The zero-order valence-electron chi connectivity index (χ0n) is 10.1. The average Bonchev–Trinajstić information content (AvgIpc) is 2.73. The Hall–Kier alpha value is -1.38. The van der Waals surface area contributed by atoms with Gasteiger partial charge in [0.1, 0.15) is 5.69 Å². The van der Waals surface area contributed by atoms with Crippen molar-refractivity contribution in [3.63, 3.8) is 0 Å². The number of rotatable bonds is 3. The fraction of sp³-hybridized carbons (Fsp3) is 0.364. The zero-order valence-corrected chi connectivity index (χ0v) is 12.4. The van der Waals surface area contributed by atoms with Gasteiger partial charge in [-0.3, -0.25) is 14.8 Å². The molecule has 0 spiro atoms. The zero-order chi connectivity index (χ0) is 12.3. The summed E-state index contributed by atoms with van der Waals surface area (Å²) < 4.78 is 0. The van der Waals surface area contributed by atoms with Crippen LogP contribution in [0.3, 0.4) is 0 Å². The molecule has 1 amide bonds. The Morgan fingerprint density at radius 1 is 1.56 bits per heavy atom. The van der Waals surface area contributed by atoms with Crippen molar-refractivity contribution in [3.05, 3.63) is 29.6 Å². The van der Waals surface area contributed by atoms with Crippen molar-refractivity contribution in [1.82, 2.24) is 15.2 Å². The quantitative estimate of drug-likeness (QED) is 0.753. The number of aromatic nitrogens is 1. The van der Waals surface area contributed by atoms with E-state index in [1.54, 1.807) is 12.3 Å². The summed E-state index contributed by atoms with van der Waals surface area (Å²) in [6, 6.07) is 3.45. The smallest absolute Gasteiger partial charge is 0.267 e. The molecule has 0 bridgehead atoms. The topological polar surface area (TPSA) is 83.6 Å². The van der Waals surface area contributed by atoms with Gasteiger partial charge in [0.2, 0.25) is 0 Å². The van der Waals surface area contributed by atoms with E-state index >= 15 is 0 Å². The Morgan fingerprint density at radius 2 is 2.33 bits per heavy atom. The monoisotopic (exact) mass is 361 g/mol. The summed E-state index contributed by atoms with van der Waals surface area (Å²) in [6.07, 6.45) is 1.64. The van der Waals surface area contributed by atoms with E-state index in [-0.39, 0.29) is 29.7 Å². The standard InChI is InChI=1S/C11H15N5O.HI/c1-16-5-4-13-11(16)15-7-8-2-3-9(10(12)17)14-6-8;/h2-3,6H,4-5,7H2,1H3,(H2,12,17)(H,13,15);1H. The molecule has 0 aromatic carbocycles. The summed E-state index contributed by atoms with van der Waals surface area (Å²) in [5.41, 5.74) is 6.38. The van der Waals surface area contributed by atoms with Crippen molar-refractivity contribution in [2.75, 3.05) is 20.1 Å². The lowest BCUT2D eigenvalue weighted by atomic mass is 10.2. The molecule has 0 atom stereocenters. The number of carbonyl (C=O) groups excluding carboxylic acids is 1. The van der Waals surface area contributed by atoms with Crippen LogP contribution < -0.4 is 11.1 Å². The van der Waals surface area contributed by atoms with Gasteiger partial charge in [-0.15, -0.1) is 24.0 Å². The molecule has 1 aromatic heterocycles. The largest absolute Gasteiger partial charge is 0.364 e. The molecular weight excluding hydrogens is 345 g/mol. The lowest BCUT2D eigenvalue weighted by Gasteiger charge is -2.15. The average molecular weight is 361 g/mol. The molecule has 0 saturated heterocycles. The highest BCUT2D eigenvalue weighted by Crippen LogP contribution is 2.01. The molecule has 6 nitrogen and oxygen atoms in total. The van der Waals surface area contributed by atoms with Crippen LogP contribution in [0.4, 0.5) is 0 Å². The van der Waals surface area contributed by atoms with Crippen LogP contribution >= 0.6 is 24.0 Å². The molecule has 1 aromatic rings. The third-order valence-corrected chi connectivity index (χ3v) is 2.59. The predicted molar refractivity (Wildman–Crippen MR) is 79.9 cm³/mol. The van der Waals surface area contributed by atoms with Gasteiger partial charge in [-0.25, -0.2) is 0 Å². The summed E-state index contributed by atoms with van der Waals surface area (Å²) in [5.74, 6) is 0.383. The van der Waals surface area contributed by atoms with Crippen LogP contribution in [0.2, 0.25) is 0 Å². The third kappa shape index (κ3) is 3.56. The van der Waals surface area contributed by atoms with Crippen molar-refractivity contribution in [2.45, 2.75) is 6.54 Å². The van der Waals surface area contributed by atoms with Crippen molar-refractivity contribution < 1.29 is 4.79 Å². The van der Waals surface area contributed by atoms with Crippen molar-refractivity contribution in [2.24, 2.45) is 10.7 Å². The van der Waals surface area contributed by atoms with E-state index in [1.165, 1.54) is 0 Å². The van der Waals surface area contributed by atoms with Gasteiger partial charge in [-0.2, -0.15) is 0 Å². The highest BCUT2D eigenvalue weighted by Gasteiger charge is 2.11. The van der Waals surface area contributed by atoms with Crippen LogP contribution in [0.1, 0.15) is 16.1 Å². The number of hydrogen-bond donors (Lipinski definition) is 2. The molecule has 1 aliphatic rings. The molecule has 0 unspecified atom stereocenters. The van der Waals surface area contributed by atoms with Crippen molar-refractivity contribution >= 4 is 35.8 Å². The second kappa shape index (κ2) is 6.53. The normalized spacial score (nSPS) is 13.8. The summed E-state index contributed by atoms with van der Waals surface area (Å²) in [7, 11) is 1.99.